The van der Waals surface area contributed by atoms with Crippen molar-refractivity contribution in [3.05, 3.63) is 190 Å². The average Bonchev–Trinajstić information content (AvgIpc) is 3.76. The zero-order valence-electron chi connectivity index (χ0n) is 36.2. The van der Waals surface area contributed by atoms with Gasteiger partial charge in [-0.25, -0.2) is 0 Å². The molecule has 0 unspecified atom stereocenters. The largest absolute Gasteiger partial charge is 0.417 e. The number of aromatic nitrogens is 2. The molecule has 0 radical (unpaired) electrons. The highest BCUT2D eigenvalue weighted by atomic mass is 19.4. The van der Waals surface area contributed by atoms with E-state index in [1.807, 2.05) is 36.4 Å². The van der Waals surface area contributed by atoms with Gasteiger partial charge < -0.3 is 9.13 Å². The highest BCUT2D eigenvalue weighted by molar-refractivity contribution is 6.13. The maximum absolute atomic E-state index is 15.1. The number of benzene rings is 8. The number of halogens is 3. The molecule has 0 saturated carbocycles. The van der Waals surface area contributed by atoms with Crippen LogP contribution in [0.25, 0.3) is 88.4 Å². The Labute approximate surface area is 369 Å². The van der Waals surface area contributed by atoms with Crippen molar-refractivity contribution in [3.63, 3.8) is 0 Å². The van der Waals surface area contributed by atoms with E-state index < -0.39 is 11.7 Å². The van der Waals surface area contributed by atoms with Crippen LogP contribution in [-0.2, 0) is 6.18 Å². The molecule has 0 fully saturated rings. The van der Waals surface area contributed by atoms with E-state index in [1.54, 1.807) is 12.1 Å². The summed E-state index contributed by atoms with van der Waals surface area (Å²) in [5.41, 5.74) is 14.8. The zero-order chi connectivity index (χ0) is 44.8. The Hall–Kier alpha value is -7.87. The summed E-state index contributed by atoms with van der Waals surface area (Å²) in [6.07, 6.45) is -4.81. The standard InChI is InChI=1S/C57H41F3N4/c1-32-21-34(3)55(35(4)22-32)39-16-19-45-43-11-7-9-13-49(43)63(51(45)26-39)53-28-41(31-62)47(42-18-15-38(30-61)25-48(42)57(58,59)60)29-54(53)64-50-14-10-8-12-44(50)46-20-17-40(27-52(46)64)56-36(5)23-33(2)24-37(56)6/h7-29H,1-6H3. The van der Waals surface area contributed by atoms with Crippen LogP contribution in [0.5, 0.6) is 0 Å². The Morgan fingerprint density at radius 2 is 0.891 bits per heavy atom. The van der Waals surface area contributed by atoms with E-state index >= 15 is 13.2 Å². The van der Waals surface area contributed by atoms with E-state index in [0.29, 0.717) is 11.4 Å². The van der Waals surface area contributed by atoms with Crippen LogP contribution >= 0.6 is 0 Å². The molecule has 10 rings (SSSR count). The van der Waals surface area contributed by atoms with Gasteiger partial charge in [-0.2, -0.15) is 23.7 Å². The van der Waals surface area contributed by atoms with Crippen molar-refractivity contribution in [2.75, 3.05) is 0 Å². The number of alkyl halides is 3. The van der Waals surface area contributed by atoms with E-state index in [1.165, 1.54) is 23.3 Å². The molecule has 4 nitrogen and oxygen atoms in total. The molecular formula is C57H41F3N4. The summed E-state index contributed by atoms with van der Waals surface area (Å²) < 4.78 is 49.5. The van der Waals surface area contributed by atoms with Gasteiger partial charge >= 0.3 is 6.18 Å². The first-order chi connectivity index (χ1) is 30.7. The number of hydrogen-bond acceptors (Lipinski definition) is 2. The molecule has 7 heteroatoms. The first-order valence-corrected chi connectivity index (χ1v) is 21.2. The summed E-state index contributed by atoms with van der Waals surface area (Å²) in [4.78, 5) is 0. The SMILES string of the molecule is Cc1cc(C)c(-c2ccc3c4ccccc4n(-c4cc(C#N)c(-c5ccc(C#N)cc5C(F)(F)F)cc4-n4c5ccccc5c5ccc(-c6c(C)cc(C)cc6C)cc54)c3c2)c(C)c1. The second-order valence-corrected chi connectivity index (χ2v) is 17.1. The molecule has 0 bridgehead atoms. The molecule has 0 aliphatic heterocycles. The van der Waals surface area contributed by atoms with Gasteiger partial charge in [0.15, 0.2) is 0 Å². The van der Waals surface area contributed by atoms with Crippen molar-refractivity contribution in [1.29, 1.82) is 10.5 Å². The third-order valence-electron chi connectivity index (χ3n) is 12.7. The lowest BCUT2D eigenvalue weighted by Crippen LogP contribution is -2.10. The Morgan fingerprint density at radius 3 is 1.34 bits per heavy atom. The fraction of sp³-hybridized carbons (Fsp3) is 0.123. The summed E-state index contributed by atoms with van der Waals surface area (Å²) in [5.74, 6) is 0. The number of para-hydroxylation sites is 2. The third kappa shape index (κ3) is 6.35. The van der Waals surface area contributed by atoms with E-state index in [-0.39, 0.29) is 22.3 Å². The Morgan fingerprint density at radius 1 is 0.438 bits per heavy atom. The zero-order valence-corrected chi connectivity index (χ0v) is 36.2. The van der Waals surface area contributed by atoms with Crippen molar-refractivity contribution >= 4 is 43.6 Å². The molecule has 64 heavy (non-hydrogen) atoms. The van der Waals surface area contributed by atoms with Gasteiger partial charge in [0, 0.05) is 27.1 Å². The number of hydrogen-bond donors (Lipinski definition) is 0. The minimum Gasteiger partial charge on any atom is -0.307 e. The van der Waals surface area contributed by atoms with Crippen molar-refractivity contribution in [2.24, 2.45) is 0 Å². The van der Waals surface area contributed by atoms with E-state index in [2.05, 4.69) is 136 Å². The number of nitriles is 2. The van der Waals surface area contributed by atoms with E-state index in [4.69, 9.17) is 0 Å². The summed E-state index contributed by atoms with van der Waals surface area (Å²) in [7, 11) is 0. The van der Waals surface area contributed by atoms with Gasteiger partial charge in [-0.05, 0) is 140 Å². The van der Waals surface area contributed by atoms with Gasteiger partial charge in [-0.1, -0.05) is 102 Å². The number of nitrogens with zero attached hydrogens (tertiary/aromatic N) is 4. The maximum Gasteiger partial charge on any atom is 0.417 e. The van der Waals surface area contributed by atoms with E-state index in [0.717, 1.165) is 94.2 Å². The van der Waals surface area contributed by atoms with Gasteiger partial charge in [-0.15, -0.1) is 0 Å². The number of rotatable bonds is 5. The lowest BCUT2D eigenvalue weighted by molar-refractivity contribution is -0.137. The summed E-state index contributed by atoms with van der Waals surface area (Å²) in [5, 5.41) is 24.6. The van der Waals surface area contributed by atoms with Crippen LogP contribution in [0.3, 0.4) is 0 Å². The molecule has 2 heterocycles. The van der Waals surface area contributed by atoms with Crippen LogP contribution in [-0.4, -0.2) is 9.13 Å². The maximum atomic E-state index is 15.1. The second kappa shape index (κ2) is 14.9. The fourth-order valence-electron chi connectivity index (χ4n) is 10.4. The normalized spacial score (nSPS) is 11.8. The van der Waals surface area contributed by atoms with Crippen molar-refractivity contribution in [1.82, 2.24) is 9.13 Å². The molecule has 0 saturated heterocycles. The minimum absolute atomic E-state index is 0.0635. The van der Waals surface area contributed by atoms with Crippen LogP contribution < -0.4 is 0 Å². The summed E-state index contributed by atoms with van der Waals surface area (Å²) in [6, 6.07) is 49.1. The average molecular weight is 839 g/mol. The van der Waals surface area contributed by atoms with Crippen LogP contribution in [0, 0.1) is 64.2 Å². The van der Waals surface area contributed by atoms with Gasteiger partial charge in [0.1, 0.15) is 0 Å². The minimum atomic E-state index is -4.81. The van der Waals surface area contributed by atoms with Crippen LogP contribution in [0.4, 0.5) is 13.2 Å². The fourth-order valence-corrected chi connectivity index (χ4v) is 10.4. The number of fused-ring (bicyclic) bond motifs is 6. The van der Waals surface area contributed by atoms with Gasteiger partial charge in [0.05, 0.1) is 62.3 Å². The van der Waals surface area contributed by atoms with Crippen molar-refractivity contribution in [2.45, 2.75) is 47.7 Å². The van der Waals surface area contributed by atoms with Gasteiger partial charge in [-0.3, -0.25) is 0 Å². The molecule has 310 valence electrons. The molecule has 0 spiro atoms. The predicted octanol–water partition coefficient (Wildman–Crippen LogP) is 15.5. The highest BCUT2D eigenvalue weighted by Crippen LogP contribution is 2.45. The molecule has 0 N–H and O–H groups in total. The quantitative estimate of drug-likeness (QED) is 0.173. The molecule has 10 aromatic rings. The van der Waals surface area contributed by atoms with Crippen molar-refractivity contribution in [3.8, 4) is 56.9 Å². The summed E-state index contributed by atoms with van der Waals surface area (Å²) in [6.45, 7) is 12.7. The van der Waals surface area contributed by atoms with Crippen LogP contribution in [0.15, 0.2) is 140 Å². The monoisotopic (exact) mass is 838 g/mol. The predicted molar refractivity (Wildman–Crippen MR) is 254 cm³/mol. The Balaban J connectivity index is 1.38. The first-order valence-electron chi connectivity index (χ1n) is 21.2. The molecule has 8 aromatic carbocycles. The highest BCUT2D eigenvalue weighted by Gasteiger charge is 2.35. The van der Waals surface area contributed by atoms with Crippen LogP contribution in [0.1, 0.15) is 50.1 Å². The lowest BCUT2D eigenvalue weighted by Gasteiger charge is -2.21. The first kappa shape index (κ1) is 40.2. The molecule has 0 amide bonds. The lowest BCUT2D eigenvalue weighted by atomic mass is 9.92. The van der Waals surface area contributed by atoms with E-state index in [9.17, 15) is 10.5 Å². The Kier molecular flexibility index (Phi) is 9.36. The molecule has 0 atom stereocenters. The summed E-state index contributed by atoms with van der Waals surface area (Å²) >= 11 is 0. The molecular weight excluding hydrogens is 798 g/mol. The van der Waals surface area contributed by atoms with Crippen LogP contribution in [0.2, 0.25) is 0 Å². The number of aryl methyl sites for hydroxylation is 6. The molecule has 2 aromatic heterocycles. The topological polar surface area (TPSA) is 57.4 Å². The third-order valence-corrected chi connectivity index (χ3v) is 12.7. The van der Waals surface area contributed by atoms with Gasteiger partial charge in [0.25, 0.3) is 0 Å². The molecule has 0 aliphatic rings. The smallest absolute Gasteiger partial charge is 0.307 e. The Bertz CT molecular complexity index is 3650. The van der Waals surface area contributed by atoms with Gasteiger partial charge in [0.2, 0.25) is 0 Å². The molecule has 0 aliphatic carbocycles. The second-order valence-electron chi connectivity index (χ2n) is 17.1. The van der Waals surface area contributed by atoms with Crippen molar-refractivity contribution < 1.29 is 13.2 Å².